The normalized spacial score (nSPS) is 12.7. The van der Waals surface area contributed by atoms with E-state index in [1.807, 2.05) is 18.5 Å². The van der Waals surface area contributed by atoms with Crippen molar-refractivity contribution in [3.8, 4) is 0 Å². The van der Waals surface area contributed by atoms with E-state index < -0.39 is 5.60 Å². The zero-order valence-corrected chi connectivity index (χ0v) is 12.2. The number of hydrogen-bond donors (Lipinski definition) is 1. The van der Waals surface area contributed by atoms with Gasteiger partial charge in [0.25, 0.3) is 0 Å². The van der Waals surface area contributed by atoms with E-state index in [4.69, 9.17) is 0 Å². The smallest absolute Gasteiger partial charge is 0.141 e. The highest BCUT2D eigenvalue weighted by Crippen LogP contribution is 2.09. The molecule has 1 heterocycles. The van der Waals surface area contributed by atoms with Crippen LogP contribution < -0.4 is 0 Å². The van der Waals surface area contributed by atoms with Gasteiger partial charge < -0.3 is 5.11 Å². The van der Waals surface area contributed by atoms with E-state index in [0.717, 1.165) is 25.5 Å². The van der Waals surface area contributed by atoms with Crippen LogP contribution in [0.2, 0.25) is 0 Å². The molecule has 0 saturated carbocycles. The summed E-state index contributed by atoms with van der Waals surface area (Å²) in [6, 6.07) is 0. The van der Waals surface area contributed by atoms with E-state index in [9.17, 15) is 5.11 Å². The van der Waals surface area contributed by atoms with Crippen molar-refractivity contribution < 1.29 is 5.11 Å². The molecule has 0 radical (unpaired) electrons. The highest BCUT2D eigenvalue weighted by molar-refractivity contribution is 4.86. The minimum atomic E-state index is -0.682. The molecule has 1 aromatic rings. The number of hydrogen-bond acceptors (Lipinski definition) is 4. The quantitative estimate of drug-likeness (QED) is 0.801. The number of aliphatic hydroxyl groups is 1. The first-order chi connectivity index (χ1) is 8.31. The standard InChI is InChI=1S/C13H26N4O/c1-6-16(9-13(4,5)18)8-12-14-10-15-17(12)7-11(2)3/h10-11,18H,6-9H2,1-5H3. The summed E-state index contributed by atoms with van der Waals surface area (Å²) >= 11 is 0. The number of nitrogens with zero attached hydrogens (tertiary/aromatic N) is 4. The molecule has 0 fully saturated rings. The third kappa shape index (κ3) is 5.14. The minimum absolute atomic E-state index is 0.551. The van der Waals surface area contributed by atoms with Crippen LogP contribution >= 0.6 is 0 Å². The van der Waals surface area contributed by atoms with Crippen molar-refractivity contribution in [1.29, 1.82) is 0 Å². The van der Waals surface area contributed by atoms with Crippen LogP contribution in [-0.2, 0) is 13.1 Å². The van der Waals surface area contributed by atoms with Gasteiger partial charge in [0, 0.05) is 13.1 Å². The number of aromatic nitrogens is 3. The maximum absolute atomic E-state index is 9.88. The molecule has 1 rings (SSSR count). The molecule has 0 aliphatic carbocycles. The van der Waals surface area contributed by atoms with Gasteiger partial charge in [-0.15, -0.1) is 0 Å². The first kappa shape index (κ1) is 15.1. The van der Waals surface area contributed by atoms with Crippen molar-refractivity contribution in [1.82, 2.24) is 19.7 Å². The summed E-state index contributed by atoms with van der Waals surface area (Å²) < 4.78 is 1.96. The second-order valence-electron chi connectivity index (χ2n) is 5.87. The van der Waals surface area contributed by atoms with Crippen LogP contribution in [0.3, 0.4) is 0 Å². The first-order valence-electron chi connectivity index (χ1n) is 6.63. The van der Waals surface area contributed by atoms with Crippen LogP contribution in [0.4, 0.5) is 0 Å². The topological polar surface area (TPSA) is 54.2 Å². The van der Waals surface area contributed by atoms with Gasteiger partial charge in [0.2, 0.25) is 0 Å². The summed E-state index contributed by atoms with van der Waals surface area (Å²) in [5.41, 5.74) is -0.682. The van der Waals surface area contributed by atoms with Gasteiger partial charge in [-0.05, 0) is 26.3 Å². The summed E-state index contributed by atoms with van der Waals surface area (Å²) in [7, 11) is 0. The van der Waals surface area contributed by atoms with Crippen LogP contribution in [0.1, 0.15) is 40.4 Å². The predicted molar refractivity (Wildman–Crippen MR) is 72.1 cm³/mol. The van der Waals surface area contributed by atoms with Crippen molar-refractivity contribution >= 4 is 0 Å². The molecule has 5 heteroatoms. The molecular weight excluding hydrogens is 228 g/mol. The summed E-state index contributed by atoms with van der Waals surface area (Å²) in [6.45, 7) is 13.2. The monoisotopic (exact) mass is 254 g/mol. The molecule has 1 aromatic heterocycles. The Morgan fingerprint density at radius 2 is 2.11 bits per heavy atom. The Morgan fingerprint density at radius 1 is 1.44 bits per heavy atom. The molecule has 0 aromatic carbocycles. The Balaban J connectivity index is 2.67. The Morgan fingerprint density at radius 3 is 2.61 bits per heavy atom. The summed E-state index contributed by atoms with van der Waals surface area (Å²) in [5, 5.41) is 14.1. The number of rotatable bonds is 7. The summed E-state index contributed by atoms with van der Waals surface area (Å²) in [4.78, 5) is 6.50. The van der Waals surface area contributed by atoms with Gasteiger partial charge in [0.05, 0.1) is 12.1 Å². The van der Waals surface area contributed by atoms with Gasteiger partial charge in [-0.2, -0.15) is 5.10 Å². The van der Waals surface area contributed by atoms with Gasteiger partial charge >= 0.3 is 0 Å². The lowest BCUT2D eigenvalue weighted by molar-refractivity contribution is 0.0340. The van der Waals surface area contributed by atoms with Gasteiger partial charge in [-0.3, -0.25) is 4.90 Å². The molecule has 0 unspecified atom stereocenters. The van der Waals surface area contributed by atoms with E-state index in [-0.39, 0.29) is 0 Å². The zero-order chi connectivity index (χ0) is 13.8. The van der Waals surface area contributed by atoms with E-state index in [1.54, 1.807) is 6.33 Å². The Hall–Kier alpha value is -0.940. The first-order valence-corrected chi connectivity index (χ1v) is 6.63. The van der Waals surface area contributed by atoms with Crippen molar-refractivity contribution in [3.05, 3.63) is 12.2 Å². The minimum Gasteiger partial charge on any atom is -0.389 e. The van der Waals surface area contributed by atoms with Gasteiger partial charge in [-0.25, -0.2) is 9.67 Å². The molecular formula is C13H26N4O. The zero-order valence-electron chi connectivity index (χ0n) is 12.2. The van der Waals surface area contributed by atoms with Gasteiger partial charge in [-0.1, -0.05) is 20.8 Å². The van der Waals surface area contributed by atoms with Crippen molar-refractivity contribution in [3.63, 3.8) is 0 Å². The van der Waals surface area contributed by atoms with Gasteiger partial charge in [0.15, 0.2) is 0 Å². The van der Waals surface area contributed by atoms with Crippen molar-refractivity contribution in [2.24, 2.45) is 5.92 Å². The molecule has 0 spiro atoms. The lowest BCUT2D eigenvalue weighted by atomic mass is 10.1. The molecule has 104 valence electrons. The molecule has 0 aliphatic heterocycles. The largest absolute Gasteiger partial charge is 0.389 e. The van der Waals surface area contributed by atoms with Crippen molar-refractivity contribution in [2.75, 3.05) is 13.1 Å². The summed E-state index contributed by atoms with van der Waals surface area (Å²) in [6.07, 6.45) is 1.61. The van der Waals surface area contributed by atoms with E-state index in [2.05, 4.69) is 35.8 Å². The molecule has 0 saturated heterocycles. The lowest BCUT2D eigenvalue weighted by Gasteiger charge is -2.27. The molecule has 0 atom stereocenters. The Bertz CT molecular complexity index is 354. The SMILES string of the molecule is CCN(Cc1ncnn1CC(C)C)CC(C)(C)O. The van der Waals surface area contributed by atoms with E-state index in [0.29, 0.717) is 12.5 Å². The maximum Gasteiger partial charge on any atom is 0.141 e. The second-order valence-corrected chi connectivity index (χ2v) is 5.87. The van der Waals surface area contributed by atoms with Crippen LogP contribution in [0, 0.1) is 5.92 Å². The average Bonchev–Trinajstić information content (AvgIpc) is 2.61. The van der Waals surface area contributed by atoms with Crippen LogP contribution in [0.15, 0.2) is 6.33 Å². The van der Waals surface area contributed by atoms with Crippen LogP contribution in [0.5, 0.6) is 0 Å². The second kappa shape index (κ2) is 6.29. The van der Waals surface area contributed by atoms with Crippen LogP contribution in [-0.4, -0.2) is 43.5 Å². The summed E-state index contributed by atoms with van der Waals surface area (Å²) in [5.74, 6) is 1.52. The maximum atomic E-state index is 9.88. The lowest BCUT2D eigenvalue weighted by Crippen LogP contribution is -2.38. The number of likely N-dealkylation sites (N-methyl/N-ethyl adjacent to an activating group) is 1. The molecule has 5 nitrogen and oxygen atoms in total. The average molecular weight is 254 g/mol. The Labute approximate surface area is 110 Å². The molecule has 18 heavy (non-hydrogen) atoms. The molecule has 0 bridgehead atoms. The van der Waals surface area contributed by atoms with Crippen molar-refractivity contribution in [2.45, 2.75) is 53.3 Å². The third-order valence-corrected chi connectivity index (χ3v) is 2.66. The Kier molecular flexibility index (Phi) is 5.28. The highest BCUT2D eigenvalue weighted by atomic mass is 16.3. The van der Waals surface area contributed by atoms with Crippen LogP contribution in [0.25, 0.3) is 0 Å². The fraction of sp³-hybridized carbons (Fsp3) is 0.846. The molecule has 0 amide bonds. The fourth-order valence-electron chi connectivity index (χ4n) is 1.94. The fourth-order valence-corrected chi connectivity index (χ4v) is 1.94. The molecule has 0 aliphatic rings. The molecule has 1 N–H and O–H groups in total. The van der Waals surface area contributed by atoms with Gasteiger partial charge in [0.1, 0.15) is 12.2 Å². The van der Waals surface area contributed by atoms with E-state index in [1.165, 1.54) is 0 Å². The highest BCUT2D eigenvalue weighted by Gasteiger charge is 2.19. The van der Waals surface area contributed by atoms with E-state index >= 15 is 0 Å². The third-order valence-electron chi connectivity index (χ3n) is 2.66. The predicted octanol–water partition coefficient (Wildman–Crippen LogP) is 1.53.